The molecule has 132 valence electrons. The Morgan fingerprint density at radius 3 is 2.46 bits per heavy atom. The molecule has 0 bridgehead atoms. The van der Waals surface area contributed by atoms with Crippen molar-refractivity contribution in [3.05, 3.63) is 84.1 Å². The smallest absolute Gasteiger partial charge is 0.225 e. The van der Waals surface area contributed by atoms with Crippen molar-refractivity contribution >= 4 is 23.1 Å². The highest BCUT2D eigenvalue weighted by atomic mass is 16.1. The summed E-state index contributed by atoms with van der Waals surface area (Å²) in [4.78, 5) is 16.4. The van der Waals surface area contributed by atoms with E-state index in [9.17, 15) is 4.79 Å². The van der Waals surface area contributed by atoms with Crippen LogP contribution in [0.5, 0.6) is 0 Å². The van der Waals surface area contributed by atoms with E-state index >= 15 is 0 Å². The molecule has 0 saturated carbocycles. The molecule has 1 heterocycles. The Morgan fingerprint density at radius 2 is 1.73 bits per heavy atom. The van der Waals surface area contributed by atoms with Gasteiger partial charge in [-0.2, -0.15) is 0 Å². The summed E-state index contributed by atoms with van der Waals surface area (Å²) < 4.78 is 0. The van der Waals surface area contributed by atoms with E-state index in [1.807, 2.05) is 54.6 Å². The van der Waals surface area contributed by atoms with Crippen molar-refractivity contribution in [1.82, 2.24) is 4.98 Å². The number of pyridine rings is 1. The fourth-order valence-corrected chi connectivity index (χ4v) is 2.76. The maximum absolute atomic E-state index is 12.1. The zero-order chi connectivity index (χ0) is 18.2. The molecule has 0 spiro atoms. The number of amides is 1. The Bertz CT molecular complexity index is 845. The molecule has 0 radical (unpaired) electrons. The minimum absolute atomic E-state index is 0.0293. The number of para-hydroxylation sites is 1. The summed E-state index contributed by atoms with van der Waals surface area (Å²) in [6.07, 6.45) is 3.86. The third-order valence-corrected chi connectivity index (χ3v) is 4.19. The first kappa shape index (κ1) is 17.7. The normalized spacial score (nSPS) is 10.3. The van der Waals surface area contributed by atoms with Crippen LogP contribution in [0.15, 0.2) is 72.9 Å². The summed E-state index contributed by atoms with van der Waals surface area (Å²) in [6.45, 7) is 2.13. The summed E-state index contributed by atoms with van der Waals surface area (Å²) in [5, 5.41) is 6.22. The predicted octanol–water partition coefficient (Wildman–Crippen LogP) is 4.96. The number of carbonyl (C=O) groups is 1. The Hall–Kier alpha value is -3.14. The fourth-order valence-electron chi connectivity index (χ4n) is 2.76. The molecule has 0 atom stereocenters. The topological polar surface area (TPSA) is 54.0 Å². The number of aromatic nitrogens is 1. The van der Waals surface area contributed by atoms with Crippen molar-refractivity contribution in [2.24, 2.45) is 0 Å². The number of aryl methyl sites for hydroxylation is 2. The largest absolute Gasteiger partial charge is 0.354 e. The Kier molecular flexibility index (Phi) is 5.99. The van der Waals surface area contributed by atoms with E-state index in [1.54, 1.807) is 6.20 Å². The summed E-state index contributed by atoms with van der Waals surface area (Å²) >= 11 is 0. The first-order valence-electron chi connectivity index (χ1n) is 8.89. The number of benzene rings is 2. The minimum atomic E-state index is -0.0293. The van der Waals surface area contributed by atoms with E-state index in [0.717, 1.165) is 29.8 Å². The van der Waals surface area contributed by atoms with Gasteiger partial charge in [0.15, 0.2) is 0 Å². The Morgan fingerprint density at radius 1 is 0.962 bits per heavy atom. The standard InChI is InChI=1S/C22H23N3O/c1-2-18-10-6-7-11-20(18)24-19-13-14-21(23-16-19)25-22(26)15-12-17-8-4-3-5-9-17/h3-11,13-14,16,24H,2,12,15H2,1H3,(H,23,25,26). The zero-order valence-electron chi connectivity index (χ0n) is 14.9. The lowest BCUT2D eigenvalue weighted by molar-refractivity contribution is -0.116. The fraction of sp³-hybridized carbons (Fsp3) is 0.182. The molecular weight excluding hydrogens is 322 g/mol. The highest BCUT2D eigenvalue weighted by Crippen LogP contribution is 2.21. The Labute approximate surface area is 154 Å². The van der Waals surface area contributed by atoms with Gasteiger partial charge in [0.05, 0.1) is 11.9 Å². The van der Waals surface area contributed by atoms with Gasteiger partial charge in [0, 0.05) is 12.1 Å². The van der Waals surface area contributed by atoms with Crippen LogP contribution >= 0.6 is 0 Å². The average Bonchev–Trinajstić information content (AvgIpc) is 2.69. The molecule has 0 aliphatic carbocycles. The number of nitrogens with one attached hydrogen (secondary N) is 2. The highest BCUT2D eigenvalue weighted by Gasteiger charge is 2.05. The van der Waals surface area contributed by atoms with E-state index in [0.29, 0.717) is 12.2 Å². The van der Waals surface area contributed by atoms with Crippen molar-refractivity contribution in [3.63, 3.8) is 0 Å². The number of anilines is 3. The van der Waals surface area contributed by atoms with Crippen LogP contribution in [0.4, 0.5) is 17.2 Å². The second kappa shape index (κ2) is 8.81. The number of hydrogen-bond donors (Lipinski definition) is 2. The van der Waals surface area contributed by atoms with Gasteiger partial charge in [-0.25, -0.2) is 4.98 Å². The van der Waals surface area contributed by atoms with Crippen LogP contribution in [0.3, 0.4) is 0 Å². The van der Waals surface area contributed by atoms with E-state index in [4.69, 9.17) is 0 Å². The summed E-state index contributed by atoms with van der Waals surface area (Å²) in [5.74, 6) is 0.538. The summed E-state index contributed by atoms with van der Waals surface area (Å²) in [5.41, 5.74) is 4.39. The van der Waals surface area contributed by atoms with E-state index < -0.39 is 0 Å². The quantitative estimate of drug-likeness (QED) is 0.636. The van der Waals surface area contributed by atoms with Crippen LogP contribution in [-0.2, 0) is 17.6 Å². The molecule has 0 aliphatic heterocycles. The minimum Gasteiger partial charge on any atom is -0.354 e. The van der Waals surface area contributed by atoms with Crippen LogP contribution in [0, 0.1) is 0 Å². The van der Waals surface area contributed by atoms with Gasteiger partial charge in [0.25, 0.3) is 0 Å². The van der Waals surface area contributed by atoms with Crippen molar-refractivity contribution in [3.8, 4) is 0 Å². The third-order valence-electron chi connectivity index (χ3n) is 4.19. The first-order valence-corrected chi connectivity index (χ1v) is 8.89. The van der Waals surface area contributed by atoms with Crippen molar-refractivity contribution < 1.29 is 4.79 Å². The zero-order valence-corrected chi connectivity index (χ0v) is 14.9. The van der Waals surface area contributed by atoms with Crippen LogP contribution < -0.4 is 10.6 Å². The molecule has 0 saturated heterocycles. The maximum atomic E-state index is 12.1. The molecule has 0 aliphatic rings. The maximum Gasteiger partial charge on any atom is 0.225 e. The third kappa shape index (κ3) is 4.93. The van der Waals surface area contributed by atoms with Crippen LogP contribution in [0.1, 0.15) is 24.5 Å². The SMILES string of the molecule is CCc1ccccc1Nc1ccc(NC(=O)CCc2ccccc2)nc1. The van der Waals surface area contributed by atoms with Crippen LogP contribution in [0.2, 0.25) is 0 Å². The monoisotopic (exact) mass is 345 g/mol. The molecule has 4 heteroatoms. The molecule has 26 heavy (non-hydrogen) atoms. The van der Waals surface area contributed by atoms with Crippen molar-refractivity contribution in [2.45, 2.75) is 26.2 Å². The molecule has 4 nitrogen and oxygen atoms in total. The molecule has 1 aromatic heterocycles. The van der Waals surface area contributed by atoms with Crippen LogP contribution in [0.25, 0.3) is 0 Å². The lowest BCUT2D eigenvalue weighted by atomic mass is 10.1. The number of carbonyl (C=O) groups excluding carboxylic acids is 1. The van der Waals surface area contributed by atoms with Gasteiger partial charge < -0.3 is 10.6 Å². The molecule has 0 unspecified atom stereocenters. The predicted molar refractivity (Wildman–Crippen MR) is 107 cm³/mol. The molecule has 2 N–H and O–H groups in total. The lowest BCUT2D eigenvalue weighted by Crippen LogP contribution is -2.13. The van der Waals surface area contributed by atoms with Gasteiger partial charge in [-0.15, -0.1) is 0 Å². The van der Waals surface area contributed by atoms with E-state index in [1.165, 1.54) is 5.56 Å². The molecule has 1 amide bonds. The summed E-state index contributed by atoms with van der Waals surface area (Å²) in [6, 6.07) is 21.9. The second-order valence-electron chi connectivity index (χ2n) is 6.10. The van der Waals surface area contributed by atoms with E-state index in [-0.39, 0.29) is 5.91 Å². The van der Waals surface area contributed by atoms with E-state index in [2.05, 4.69) is 34.7 Å². The van der Waals surface area contributed by atoms with Crippen LogP contribution in [-0.4, -0.2) is 10.9 Å². The van der Waals surface area contributed by atoms with Crippen molar-refractivity contribution in [2.75, 3.05) is 10.6 Å². The number of nitrogens with zero attached hydrogens (tertiary/aromatic N) is 1. The van der Waals surface area contributed by atoms with Gasteiger partial charge in [0.1, 0.15) is 5.82 Å². The first-order chi connectivity index (χ1) is 12.7. The van der Waals surface area contributed by atoms with Crippen molar-refractivity contribution in [1.29, 1.82) is 0 Å². The number of hydrogen-bond acceptors (Lipinski definition) is 3. The average molecular weight is 345 g/mol. The molecule has 3 rings (SSSR count). The second-order valence-corrected chi connectivity index (χ2v) is 6.10. The molecule has 3 aromatic rings. The highest BCUT2D eigenvalue weighted by molar-refractivity contribution is 5.90. The Balaban J connectivity index is 1.55. The summed E-state index contributed by atoms with van der Waals surface area (Å²) in [7, 11) is 0. The van der Waals surface area contributed by atoms with Gasteiger partial charge in [0.2, 0.25) is 5.91 Å². The van der Waals surface area contributed by atoms with Gasteiger partial charge >= 0.3 is 0 Å². The lowest BCUT2D eigenvalue weighted by Gasteiger charge is -2.11. The molecular formula is C22H23N3O. The molecule has 2 aromatic carbocycles. The van der Waals surface area contributed by atoms with Gasteiger partial charge in [-0.3, -0.25) is 4.79 Å². The van der Waals surface area contributed by atoms with Gasteiger partial charge in [-0.1, -0.05) is 55.5 Å². The van der Waals surface area contributed by atoms with Gasteiger partial charge in [-0.05, 0) is 42.2 Å². The number of rotatable bonds is 7. The molecule has 0 fully saturated rings.